The van der Waals surface area contributed by atoms with E-state index < -0.39 is 0 Å². The number of benzene rings is 2. The van der Waals surface area contributed by atoms with Crippen molar-refractivity contribution in [3.05, 3.63) is 66.0 Å². The number of rotatable bonds is 1. The quantitative estimate of drug-likeness (QED) is 0.646. The van der Waals surface area contributed by atoms with E-state index in [2.05, 4.69) is 30.1 Å². The molecule has 0 saturated carbocycles. The maximum atomic E-state index is 9.01. The van der Waals surface area contributed by atoms with Crippen LogP contribution in [0.3, 0.4) is 0 Å². The van der Waals surface area contributed by atoms with Gasteiger partial charge in [-0.25, -0.2) is 0 Å². The van der Waals surface area contributed by atoms with E-state index >= 15 is 0 Å². The summed E-state index contributed by atoms with van der Waals surface area (Å²) in [5.74, 6) is 0. The van der Waals surface area contributed by atoms with Crippen molar-refractivity contribution in [1.29, 1.82) is 5.26 Å². The number of aryl methyl sites for hydroxylation is 1. The molecule has 2 nitrogen and oxygen atoms in total. The Hall–Kier alpha value is -2.66. The van der Waals surface area contributed by atoms with Crippen molar-refractivity contribution in [3.63, 3.8) is 0 Å². The van der Waals surface area contributed by atoms with Crippen molar-refractivity contribution in [1.82, 2.24) is 4.98 Å². The maximum absolute atomic E-state index is 9.01. The van der Waals surface area contributed by atoms with Crippen LogP contribution in [-0.4, -0.2) is 4.98 Å². The normalized spacial score (nSPS) is 10.3. The Labute approximate surface area is 112 Å². The molecule has 0 aliphatic carbocycles. The molecule has 0 aliphatic heterocycles. The topological polar surface area (TPSA) is 36.7 Å². The maximum Gasteiger partial charge on any atom is 0.0991 e. The molecule has 0 saturated heterocycles. The summed E-state index contributed by atoms with van der Waals surface area (Å²) in [6.07, 6.45) is 3.70. The number of fused-ring (bicyclic) bond motifs is 1. The molecule has 0 fully saturated rings. The second-order valence-corrected chi connectivity index (χ2v) is 4.54. The van der Waals surface area contributed by atoms with Crippen molar-refractivity contribution in [2.24, 2.45) is 0 Å². The fourth-order valence-corrected chi connectivity index (χ4v) is 2.34. The molecule has 0 aliphatic rings. The van der Waals surface area contributed by atoms with Crippen molar-refractivity contribution >= 4 is 10.8 Å². The highest BCUT2D eigenvalue weighted by Crippen LogP contribution is 2.30. The minimum Gasteiger partial charge on any atom is -0.264 e. The molecule has 0 unspecified atom stereocenters. The summed E-state index contributed by atoms with van der Waals surface area (Å²) in [6, 6.07) is 16.1. The van der Waals surface area contributed by atoms with E-state index in [9.17, 15) is 0 Å². The zero-order valence-electron chi connectivity index (χ0n) is 10.6. The van der Waals surface area contributed by atoms with E-state index in [1.165, 1.54) is 10.9 Å². The second-order valence-electron chi connectivity index (χ2n) is 4.54. The fraction of sp³-hybridized carbons (Fsp3) is 0.0588. The number of hydrogen-bond donors (Lipinski definition) is 0. The van der Waals surface area contributed by atoms with Crippen LogP contribution in [0, 0.1) is 18.3 Å². The fourth-order valence-electron chi connectivity index (χ4n) is 2.34. The molecular formula is C17H12N2. The van der Waals surface area contributed by atoms with Gasteiger partial charge in [0.05, 0.1) is 11.6 Å². The number of nitrogens with zero attached hydrogens (tertiary/aromatic N) is 2. The van der Waals surface area contributed by atoms with Crippen LogP contribution < -0.4 is 0 Å². The van der Waals surface area contributed by atoms with Gasteiger partial charge in [0, 0.05) is 17.8 Å². The van der Waals surface area contributed by atoms with Crippen LogP contribution in [-0.2, 0) is 0 Å². The van der Waals surface area contributed by atoms with E-state index in [0.29, 0.717) is 5.56 Å². The molecule has 3 aromatic rings. The Morgan fingerprint density at radius 2 is 1.95 bits per heavy atom. The van der Waals surface area contributed by atoms with Crippen LogP contribution >= 0.6 is 0 Å². The van der Waals surface area contributed by atoms with Gasteiger partial charge in [0.15, 0.2) is 0 Å². The molecule has 0 N–H and O–H groups in total. The molecule has 2 aromatic carbocycles. The first-order valence-corrected chi connectivity index (χ1v) is 6.13. The summed E-state index contributed by atoms with van der Waals surface area (Å²) in [5, 5.41) is 11.3. The van der Waals surface area contributed by atoms with Gasteiger partial charge in [0.2, 0.25) is 0 Å². The van der Waals surface area contributed by atoms with Crippen LogP contribution in [0.5, 0.6) is 0 Å². The number of aromatic nitrogens is 1. The Balaban J connectivity index is 2.31. The highest BCUT2D eigenvalue weighted by atomic mass is 14.6. The Bertz CT molecular complexity index is 798. The molecule has 1 heterocycles. The van der Waals surface area contributed by atoms with E-state index in [1.807, 2.05) is 36.5 Å². The second kappa shape index (κ2) is 4.55. The summed E-state index contributed by atoms with van der Waals surface area (Å²) in [7, 11) is 0. The van der Waals surface area contributed by atoms with E-state index in [-0.39, 0.29) is 0 Å². The Morgan fingerprint density at radius 3 is 2.79 bits per heavy atom. The van der Waals surface area contributed by atoms with Crippen LogP contribution in [0.4, 0.5) is 0 Å². The number of nitriles is 1. The van der Waals surface area contributed by atoms with Gasteiger partial charge in [-0.05, 0) is 47.2 Å². The summed E-state index contributed by atoms with van der Waals surface area (Å²) in [4.78, 5) is 4.19. The van der Waals surface area contributed by atoms with Gasteiger partial charge in [0.1, 0.15) is 0 Å². The third-order valence-corrected chi connectivity index (χ3v) is 3.34. The van der Waals surface area contributed by atoms with Crippen molar-refractivity contribution < 1.29 is 0 Å². The lowest BCUT2D eigenvalue weighted by atomic mass is 9.96. The average molecular weight is 244 g/mol. The molecule has 0 amide bonds. The molecule has 1 aromatic heterocycles. The van der Waals surface area contributed by atoms with Crippen LogP contribution in [0.2, 0.25) is 0 Å². The lowest BCUT2D eigenvalue weighted by molar-refractivity contribution is 1.35. The molecule has 3 rings (SSSR count). The predicted octanol–water partition coefficient (Wildman–Crippen LogP) is 4.08. The first-order chi connectivity index (χ1) is 9.29. The van der Waals surface area contributed by atoms with Crippen LogP contribution in [0.25, 0.3) is 21.9 Å². The molecule has 19 heavy (non-hydrogen) atoms. The third-order valence-electron chi connectivity index (χ3n) is 3.34. The molecule has 0 spiro atoms. The zero-order chi connectivity index (χ0) is 13.2. The van der Waals surface area contributed by atoms with E-state index in [4.69, 9.17) is 5.26 Å². The van der Waals surface area contributed by atoms with Gasteiger partial charge in [-0.15, -0.1) is 0 Å². The Kier molecular flexibility index (Phi) is 2.74. The largest absolute Gasteiger partial charge is 0.264 e. The van der Waals surface area contributed by atoms with Crippen molar-refractivity contribution in [2.45, 2.75) is 6.92 Å². The minimum atomic E-state index is 0.681. The molecule has 0 radical (unpaired) electrons. The summed E-state index contributed by atoms with van der Waals surface area (Å²) in [6.45, 7) is 2.08. The monoisotopic (exact) mass is 244 g/mol. The lowest BCUT2D eigenvalue weighted by Gasteiger charge is -2.09. The van der Waals surface area contributed by atoms with Gasteiger partial charge in [-0.1, -0.05) is 24.3 Å². The molecular weight excluding hydrogens is 232 g/mol. The van der Waals surface area contributed by atoms with Gasteiger partial charge in [0.25, 0.3) is 0 Å². The first-order valence-electron chi connectivity index (χ1n) is 6.13. The average Bonchev–Trinajstić information content (AvgIpc) is 2.48. The molecule has 0 atom stereocenters. The summed E-state index contributed by atoms with van der Waals surface area (Å²) in [5.41, 5.74) is 4.10. The lowest BCUT2D eigenvalue weighted by Crippen LogP contribution is -1.86. The highest BCUT2D eigenvalue weighted by Gasteiger charge is 2.06. The highest BCUT2D eigenvalue weighted by molar-refractivity contribution is 5.98. The van der Waals surface area contributed by atoms with Gasteiger partial charge >= 0.3 is 0 Å². The number of hydrogen-bond acceptors (Lipinski definition) is 2. The van der Waals surface area contributed by atoms with Crippen molar-refractivity contribution in [3.8, 4) is 17.2 Å². The number of pyridine rings is 1. The third kappa shape index (κ3) is 1.96. The summed E-state index contributed by atoms with van der Waals surface area (Å²) < 4.78 is 0. The van der Waals surface area contributed by atoms with Gasteiger partial charge in [-0.3, -0.25) is 4.98 Å². The SMILES string of the molecule is Cc1ccc(-c2cccc(C#N)c2)c2ccncc12. The van der Waals surface area contributed by atoms with Crippen molar-refractivity contribution in [2.75, 3.05) is 0 Å². The van der Waals surface area contributed by atoms with E-state index in [1.54, 1.807) is 6.20 Å². The van der Waals surface area contributed by atoms with Crippen LogP contribution in [0.15, 0.2) is 54.9 Å². The summed E-state index contributed by atoms with van der Waals surface area (Å²) >= 11 is 0. The van der Waals surface area contributed by atoms with Crippen LogP contribution in [0.1, 0.15) is 11.1 Å². The first kappa shape index (κ1) is 11.4. The Morgan fingerprint density at radius 1 is 1.05 bits per heavy atom. The smallest absolute Gasteiger partial charge is 0.0991 e. The van der Waals surface area contributed by atoms with Gasteiger partial charge < -0.3 is 0 Å². The van der Waals surface area contributed by atoms with Gasteiger partial charge in [-0.2, -0.15) is 5.26 Å². The predicted molar refractivity (Wildman–Crippen MR) is 76.6 cm³/mol. The van der Waals surface area contributed by atoms with E-state index in [0.717, 1.165) is 16.5 Å². The molecule has 2 heteroatoms. The minimum absolute atomic E-state index is 0.681. The molecule has 0 bridgehead atoms. The zero-order valence-corrected chi connectivity index (χ0v) is 10.6. The molecule has 90 valence electrons. The standard InChI is InChI=1S/C17H12N2/c1-12-5-6-15(16-7-8-19-11-17(12)16)14-4-2-3-13(9-14)10-18/h2-9,11H,1H3.